The van der Waals surface area contributed by atoms with Crippen LogP contribution in [0.1, 0.15) is 81.8 Å². The minimum atomic E-state index is -4.67. The molecule has 13 nitrogen and oxygen atoms in total. The minimum Gasteiger partial charge on any atom is -0.870 e. The average Bonchev–Trinajstić information content (AvgIpc) is 3.05. The Kier molecular flexibility index (Phi) is 20.9. The zero-order valence-electron chi connectivity index (χ0n) is 34.4. The Balaban J connectivity index is 0.000000562. The quantitative estimate of drug-likeness (QED) is 0.141. The number of ether oxygens (including phenoxy) is 3. The van der Waals surface area contributed by atoms with Crippen molar-refractivity contribution in [1.29, 1.82) is 0 Å². The monoisotopic (exact) mass is 832 g/mol. The van der Waals surface area contributed by atoms with Gasteiger partial charge in [-0.2, -0.15) is 26.3 Å². The summed E-state index contributed by atoms with van der Waals surface area (Å²) < 4.78 is 98.0. The molecule has 0 spiro atoms. The average molecular weight is 833 g/mol. The van der Waals surface area contributed by atoms with E-state index in [0.29, 0.717) is 57.8 Å². The third-order valence-corrected chi connectivity index (χ3v) is 9.75. The van der Waals surface area contributed by atoms with Crippen LogP contribution in [0.4, 0.5) is 26.3 Å². The molecule has 4 rings (SSSR count). The van der Waals surface area contributed by atoms with Gasteiger partial charge in [0.2, 0.25) is 0 Å². The topological polar surface area (TPSA) is 163 Å². The van der Waals surface area contributed by atoms with Crippen LogP contribution in [-0.4, -0.2) is 114 Å². The maximum absolute atomic E-state index is 13.5. The van der Waals surface area contributed by atoms with E-state index in [1.165, 1.54) is 6.20 Å². The zero-order chi connectivity index (χ0) is 42.1. The van der Waals surface area contributed by atoms with Crippen molar-refractivity contribution in [2.45, 2.75) is 96.9 Å². The number of pyridine rings is 2. The number of aliphatic carboxylic acids is 1. The van der Waals surface area contributed by atoms with Crippen LogP contribution >= 0.6 is 0 Å². The Morgan fingerprint density at radius 3 is 1.41 bits per heavy atom. The van der Waals surface area contributed by atoms with Crippen molar-refractivity contribution in [2.24, 2.45) is 11.8 Å². The van der Waals surface area contributed by atoms with E-state index in [0.717, 1.165) is 15.3 Å². The number of carboxylic acid groups (broad SMARTS) is 1. The fourth-order valence-corrected chi connectivity index (χ4v) is 6.65. The number of carbonyl (C=O) groups is 2. The van der Waals surface area contributed by atoms with Gasteiger partial charge in [0, 0.05) is 78.0 Å². The second-order valence-corrected chi connectivity index (χ2v) is 15.0. The first-order valence-corrected chi connectivity index (χ1v) is 18.6. The molecular weight excluding hydrogens is 777 g/mol. The second kappa shape index (κ2) is 23.0. The molecule has 0 radical (unpaired) electrons. The van der Waals surface area contributed by atoms with E-state index in [2.05, 4.69) is 0 Å². The van der Waals surface area contributed by atoms with Gasteiger partial charge in [0.15, 0.2) is 0 Å². The summed E-state index contributed by atoms with van der Waals surface area (Å²) >= 11 is 0. The van der Waals surface area contributed by atoms with E-state index < -0.39 is 58.6 Å². The maximum atomic E-state index is 13.5. The van der Waals surface area contributed by atoms with E-state index in [1.807, 2.05) is 23.6 Å². The van der Waals surface area contributed by atoms with Gasteiger partial charge in [-0.1, -0.05) is 27.7 Å². The standard InChI is InChI=1S/C20H29F3N2O4.C18H25F3N2O4.Li.H2O/c1-5-29-19(27)17(8-13(2)3)25-10-14(6-7-24-11-15(12-24)28-4)16(9-18(25)26)20(21,22)23;1-11(2)6-15(17(25)26)23-8-12(4-5-22-9-13(10-22)27-3)14(7-16(23)24)18(19,20)21;;/h9-10,13,15,17H,5-8,11-12H2,1-4H3;7-8,11,13,15H,4-6,9-10H2,1-3H3,(H,25,26);;1H2/q;;+1;/p-1. The molecule has 2 atom stereocenters. The molecule has 2 saturated heterocycles. The van der Waals surface area contributed by atoms with Crippen LogP contribution in [0.3, 0.4) is 0 Å². The van der Waals surface area contributed by atoms with Gasteiger partial charge >= 0.3 is 43.2 Å². The third kappa shape index (κ3) is 14.8. The first-order valence-electron chi connectivity index (χ1n) is 18.6. The van der Waals surface area contributed by atoms with Gasteiger partial charge in [0.05, 0.1) is 29.9 Å². The molecule has 0 aliphatic carbocycles. The maximum Gasteiger partial charge on any atom is 1.00 e. The molecule has 20 heteroatoms. The predicted molar refractivity (Wildman–Crippen MR) is 196 cm³/mol. The van der Waals surface area contributed by atoms with Crippen molar-refractivity contribution in [3.05, 3.63) is 67.5 Å². The van der Waals surface area contributed by atoms with Crippen LogP contribution in [0.25, 0.3) is 0 Å². The number of nitrogens with zero attached hydrogens (tertiary/aromatic N) is 4. The fourth-order valence-electron chi connectivity index (χ4n) is 6.65. The Morgan fingerprint density at radius 2 is 1.10 bits per heavy atom. The number of esters is 1. The molecule has 0 aromatic carbocycles. The van der Waals surface area contributed by atoms with Gasteiger partial charge in [0.1, 0.15) is 12.1 Å². The molecule has 2 aromatic rings. The van der Waals surface area contributed by atoms with Crippen molar-refractivity contribution in [1.82, 2.24) is 18.9 Å². The predicted octanol–water partition coefficient (Wildman–Crippen LogP) is 2.13. The Hall–Kier alpha value is -3.18. The van der Waals surface area contributed by atoms with Crippen LogP contribution in [0.2, 0.25) is 0 Å². The van der Waals surface area contributed by atoms with Gasteiger partial charge < -0.3 is 33.9 Å². The number of hydrogen-bond acceptors (Lipinski definition) is 10. The van der Waals surface area contributed by atoms with Crippen LogP contribution in [0.15, 0.2) is 34.1 Å². The number of likely N-dealkylation sites (tertiary alicyclic amines) is 2. The number of rotatable bonds is 17. The van der Waals surface area contributed by atoms with E-state index in [4.69, 9.17) is 14.2 Å². The van der Waals surface area contributed by atoms with Crippen molar-refractivity contribution in [3.63, 3.8) is 0 Å². The normalized spacial score (nSPS) is 16.3. The molecule has 2 N–H and O–H groups in total. The summed E-state index contributed by atoms with van der Waals surface area (Å²) in [4.78, 5) is 52.6. The van der Waals surface area contributed by atoms with Crippen LogP contribution in [0, 0.1) is 11.8 Å². The van der Waals surface area contributed by atoms with E-state index in [9.17, 15) is 50.6 Å². The minimum absolute atomic E-state index is 0. The zero-order valence-corrected chi connectivity index (χ0v) is 34.4. The fraction of sp³-hybridized carbons (Fsp3) is 0.684. The summed E-state index contributed by atoms with van der Waals surface area (Å²) in [6.07, 6.45) is -6.24. The summed E-state index contributed by atoms with van der Waals surface area (Å²) in [7, 11) is 3.18. The van der Waals surface area contributed by atoms with Crippen LogP contribution in [0.5, 0.6) is 0 Å². The molecule has 58 heavy (non-hydrogen) atoms. The van der Waals surface area contributed by atoms with Gasteiger partial charge in [-0.3, -0.25) is 19.4 Å². The number of alkyl halides is 6. The molecule has 4 heterocycles. The molecule has 2 aliphatic rings. The summed E-state index contributed by atoms with van der Waals surface area (Å²) in [5.41, 5.74) is -3.84. The number of hydrogen-bond donors (Lipinski definition) is 1. The molecule has 2 unspecified atom stereocenters. The number of halogens is 6. The van der Waals surface area contributed by atoms with Crippen molar-refractivity contribution in [2.75, 3.05) is 60.1 Å². The molecule has 0 bridgehead atoms. The Bertz CT molecular complexity index is 1740. The summed E-state index contributed by atoms with van der Waals surface area (Å²) in [6, 6.07) is -1.04. The largest absolute Gasteiger partial charge is 1.00 e. The van der Waals surface area contributed by atoms with E-state index >= 15 is 0 Å². The van der Waals surface area contributed by atoms with Gasteiger partial charge in [0.25, 0.3) is 11.1 Å². The first-order chi connectivity index (χ1) is 26.1. The Morgan fingerprint density at radius 1 is 0.741 bits per heavy atom. The van der Waals surface area contributed by atoms with Crippen LogP contribution in [-0.2, 0) is 49.0 Å². The van der Waals surface area contributed by atoms with Gasteiger partial charge in [-0.25, -0.2) is 9.59 Å². The van der Waals surface area contributed by atoms with Crippen molar-refractivity contribution in [3.8, 4) is 0 Å². The van der Waals surface area contributed by atoms with Gasteiger partial charge in [-0.15, -0.1) is 0 Å². The third-order valence-electron chi connectivity index (χ3n) is 9.75. The molecule has 2 aromatic heterocycles. The SMILES string of the molecule is CCOC(=O)C(CC(C)C)n1cc(CCN2CC(OC)C2)c(C(F)(F)F)cc1=O.COC1CN(CCc2cn(C(CC(C)C)C(=O)O)c(=O)cc2C(F)(F)F)C1.[Li+].[OH-]. The number of methoxy groups -OCH3 is 2. The molecule has 2 aliphatic heterocycles. The van der Waals surface area contributed by atoms with Crippen molar-refractivity contribution >= 4 is 11.9 Å². The number of carbonyl (C=O) groups excluding carboxylic acids is 1. The molecule has 0 amide bonds. The number of carboxylic acids is 1. The number of aromatic nitrogens is 2. The molecule has 2 fully saturated rings. The van der Waals surface area contributed by atoms with Crippen LogP contribution < -0.4 is 30.0 Å². The van der Waals surface area contributed by atoms with Crippen molar-refractivity contribution < 1.29 is 79.6 Å². The smallest absolute Gasteiger partial charge is 0.870 e. The molecular formula is C38H55F6LiN4O9. The van der Waals surface area contributed by atoms with E-state index in [-0.39, 0.29) is 85.4 Å². The Labute approximate surface area is 346 Å². The summed E-state index contributed by atoms with van der Waals surface area (Å²) in [5, 5.41) is 9.44. The molecule has 0 saturated carbocycles. The van der Waals surface area contributed by atoms with E-state index in [1.54, 1.807) is 35.0 Å². The second-order valence-electron chi connectivity index (χ2n) is 15.0. The summed E-state index contributed by atoms with van der Waals surface area (Å²) in [5.74, 6) is -1.83. The van der Waals surface area contributed by atoms with Gasteiger partial charge in [-0.05, 0) is 55.6 Å². The molecule has 324 valence electrons. The first kappa shape index (κ1) is 52.8. The summed E-state index contributed by atoms with van der Waals surface area (Å²) in [6.45, 7) is 12.5.